The van der Waals surface area contributed by atoms with Crippen molar-refractivity contribution >= 4 is 56.1 Å². The second-order valence-electron chi connectivity index (χ2n) is 6.32. The first-order chi connectivity index (χ1) is 15.4. The zero-order chi connectivity index (χ0) is 23.3. The zero-order valence-electron chi connectivity index (χ0n) is 17.7. The number of ether oxygens (including phenoxy) is 2. The summed E-state index contributed by atoms with van der Waals surface area (Å²) < 4.78 is 12.8. The molecule has 0 fully saturated rings. The highest BCUT2D eigenvalue weighted by atomic mass is 79.9. The Hall–Kier alpha value is -2.72. The lowest BCUT2D eigenvalue weighted by Gasteiger charge is -2.07. The van der Waals surface area contributed by atoms with Crippen molar-refractivity contribution in [3.63, 3.8) is 0 Å². The molecule has 10 heteroatoms. The van der Waals surface area contributed by atoms with E-state index in [2.05, 4.69) is 52.9 Å². The first-order valence-electron chi connectivity index (χ1n) is 9.91. The van der Waals surface area contributed by atoms with Crippen molar-refractivity contribution in [2.24, 2.45) is 10.2 Å². The fraction of sp³-hybridized carbons (Fsp3) is 0.273. The lowest BCUT2D eigenvalue weighted by Crippen LogP contribution is -2.22. The lowest BCUT2D eigenvalue weighted by molar-refractivity contribution is -0.126. The summed E-state index contributed by atoms with van der Waals surface area (Å²) in [7, 11) is 0. The van der Waals surface area contributed by atoms with Crippen LogP contribution >= 0.6 is 31.9 Å². The minimum absolute atomic E-state index is 0.0312. The third-order valence-electron chi connectivity index (χ3n) is 3.91. The molecule has 0 aliphatic heterocycles. The maximum Gasteiger partial charge on any atom is 0.240 e. The summed E-state index contributed by atoms with van der Waals surface area (Å²) in [6.45, 7) is 4.80. The number of carbonyl (C=O) groups excluding carboxylic acids is 2. The van der Waals surface area contributed by atoms with Gasteiger partial charge in [0.1, 0.15) is 11.5 Å². The number of hydrogen-bond donors (Lipinski definition) is 2. The van der Waals surface area contributed by atoms with Crippen LogP contribution in [0, 0.1) is 0 Å². The fourth-order valence-corrected chi connectivity index (χ4v) is 3.26. The van der Waals surface area contributed by atoms with Gasteiger partial charge in [-0.2, -0.15) is 10.2 Å². The van der Waals surface area contributed by atoms with Gasteiger partial charge >= 0.3 is 0 Å². The predicted molar refractivity (Wildman–Crippen MR) is 131 cm³/mol. The van der Waals surface area contributed by atoms with Crippen LogP contribution in [0.2, 0.25) is 0 Å². The van der Waals surface area contributed by atoms with Gasteiger partial charge in [-0.15, -0.1) is 0 Å². The SMILES string of the molecule is CCOc1ccc(Br)cc1/C=N/NC(=O)CCC(=O)N/N=C/c1cc(Br)ccc1OCC. The Balaban J connectivity index is 1.81. The van der Waals surface area contributed by atoms with E-state index in [0.717, 1.165) is 8.95 Å². The summed E-state index contributed by atoms with van der Waals surface area (Å²) in [5.74, 6) is 0.533. The molecule has 2 rings (SSSR count). The van der Waals surface area contributed by atoms with Gasteiger partial charge in [-0.05, 0) is 50.2 Å². The number of amides is 2. The maximum absolute atomic E-state index is 12.0. The normalized spacial score (nSPS) is 11.0. The molecular formula is C22H24Br2N4O4. The van der Waals surface area contributed by atoms with Gasteiger partial charge in [0, 0.05) is 32.9 Å². The Morgan fingerprint density at radius 2 is 1.22 bits per heavy atom. The van der Waals surface area contributed by atoms with E-state index in [0.29, 0.717) is 35.8 Å². The summed E-state index contributed by atoms with van der Waals surface area (Å²) >= 11 is 6.78. The Kier molecular flexibility index (Phi) is 10.9. The van der Waals surface area contributed by atoms with Gasteiger partial charge < -0.3 is 9.47 Å². The van der Waals surface area contributed by atoms with E-state index in [1.165, 1.54) is 12.4 Å². The Labute approximate surface area is 203 Å². The minimum atomic E-state index is -0.390. The molecule has 2 N–H and O–H groups in total. The number of nitrogens with one attached hydrogen (secondary N) is 2. The van der Waals surface area contributed by atoms with E-state index in [-0.39, 0.29) is 24.7 Å². The molecule has 0 saturated heterocycles. The summed E-state index contributed by atoms with van der Waals surface area (Å²) in [5.41, 5.74) is 6.24. The number of carbonyl (C=O) groups is 2. The van der Waals surface area contributed by atoms with E-state index in [9.17, 15) is 9.59 Å². The largest absolute Gasteiger partial charge is 0.493 e. The van der Waals surface area contributed by atoms with Crippen LogP contribution < -0.4 is 20.3 Å². The Bertz CT molecular complexity index is 916. The van der Waals surface area contributed by atoms with Gasteiger partial charge in [-0.25, -0.2) is 10.9 Å². The van der Waals surface area contributed by atoms with Crippen molar-refractivity contribution < 1.29 is 19.1 Å². The molecule has 0 radical (unpaired) electrons. The van der Waals surface area contributed by atoms with Gasteiger partial charge in [-0.3, -0.25) is 9.59 Å². The molecule has 2 amide bonds. The van der Waals surface area contributed by atoms with Crippen molar-refractivity contribution in [2.75, 3.05) is 13.2 Å². The predicted octanol–water partition coefficient (Wildman–Crippen LogP) is 4.39. The molecule has 0 heterocycles. The highest BCUT2D eigenvalue weighted by molar-refractivity contribution is 9.10. The number of nitrogens with zero attached hydrogens (tertiary/aromatic N) is 2. The number of halogens is 2. The van der Waals surface area contributed by atoms with Gasteiger partial charge in [0.15, 0.2) is 0 Å². The topological polar surface area (TPSA) is 101 Å². The fourth-order valence-electron chi connectivity index (χ4n) is 2.50. The second-order valence-corrected chi connectivity index (χ2v) is 8.15. The van der Waals surface area contributed by atoms with E-state index < -0.39 is 0 Å². The van der Waals surface area contributed by atoms with Crippen molar-refractivity contribution in [1.29, 1.82) is 0 Å². The molecule has 8 nitrogen and oxygen atoms in total. The standard InChI is InChI=1S/C22H24Br2N4O4/c1-3-31-19-7-5-17(23)11-15(19)13-25-27-21(29)9-10-22(30)28-26-14-16-12-18(24)6-8-20(16)32-4-2/h5-8,11-14H,3-4,9-10H2,1-2H3,(H,27,29)(H,28,30)/b25-13+,26-14+. The maximum atomic E-state index is 12.0. The zero-order valence-corrected chi connectivity index (χ0v) is 20.9. The van der Waals surface area contributed by atoms with Crippen LogP contribution in [0.15, 0.2) is 55.5 Å². The van der Waals surface area contributed by atoms with E-state index in [1.54, 1.807) is 0 Å². The molecule has 32 heavy (non-hydrogen) atoms. The average molecular weight is 568 g/mol. The highest BCUT2D eigenvalue weighted by Gasteiger charge is 2.07. The number of hydrogen-bond acceptors (Lipinski definition) is 6. The van der Waals surface area contributed by atoms with Gasteiger partial charge in [0.05, 0.1) is 25.6 Å². The molecule has 2 aromatic carbocycles. The van der Waals surface area contributed by atoms with Crippen molar-refractivity contribution in [1.82, 2.24) is 10.9 Å². The molecule has 0 aliphatic carbocycles. The smallest absolute Gasteiger partial charge is 0.240 e. The Morgan fingerprint density at radius 1 is 0.812 bits per heavy atom. The second kappa shape index (κ2) is 13.6. The summed E-state index contributed by atoms with van der Waals surface area (Å²) in [6, 6.07) is 11.0. The first-order valence-corrected chi connectivity index (χ1v) is 11.5. The van der Waals surface area contributed by atoms with E-state index in [4.69, 9.17) is 9.47 Å². The molecule has 0 saturated carbocycles. The third kappa shape index (κ3) is 8.80. The van der Waals surface area contributed by atoms with Crippen molar-refractivity contribution in [3.05, 3.63) is 56.5 Å². The average Bonchev–Trinajstić information content (AvgIpc) is 2.76. The molecule has 0 spiro atoms. The molecule has 170 valence electrons. The monoisotopic (exact) mass is 566 g/mol. The highest BCUT2D eigenvalue weighted by Crippen LogP contribution is 2.22. The number of benzene rings is 2. The molecule has 2 aromatic rings. The third-order valence-corrected chi connectivity index (χ3v) is 4.89. The van der Waals surface area contributed by atoms with Crippen molar-refractivity contribution in [2.45, 2.75) is 26.7 Å². The van der Waals surface area contributed by atoms with Crippen LogP contribution in [0.25, 0.3) is 0 Å². The van der Waals surface area contributed by atoms with E-state index in [1.807, 2.05) is 50.2 Å². The molecular weight excluding hydrogens is 544 g/mol. The molecule has 0 aromatic heterocycles. The van der Waals surface area contributed by atoms with Crippen LogP contribution in [0.1, 0.15) is 37.8 Å². The van der Waals surface area contributed by atoms with Crippen LogP contribution in [0.5, 0.6) is 11.5 Å². The molecule has 0 atom stereocenters. The summed E-state index contributed by atoms with van der Waals surface area (Å²) in [4.78, 5) is 23.9. The summed E-state index contributed by atoms with van der Waals surface area (Å²) in [5, 5.41) is 7.87. The minimum Gasteiger partial charge on any atom is -0.493 e. The quantitative estimate of drug-likeness (QED) is 0.310. The molecule has 0 bridgehead atoms. The van der Waals surface area contributed by atoms with Crippen LogP contribution in [0.4, 0.5) is 0 Å². The molecule has 0 unspecified atom stereocenters. The van der Waals surface area contributed by atoms with Gasteiger partial charge in [0.25, 0.3) is 0 Å². The van der Waals surface area contributed by atoms with E-state index >= 15 is 0 Å². The van der Waals surface area contributed by atoms with Gasteiger partial charge in [0.2, 0.25) is 11.8 Å². The van der Waals surface area contributed by atoms with Crippen LogP contribution in [-0.4, -0.2) is 37.5 Å². The number of rotatable bonds is 11. The van der Waals surface area contributed by atoms with Crippen LogP contribution in [-0.2, 0) is 9.59 Å². The van der Waals surface area contributed by atoms with Crippen molar-refractivity contribution in [3.8, 4) is 11.5 Å². The molecule has 0 aliphatic rings. The first kappa shape index (κ1) is 25.5. The number of hydrazone groups is 2. The van der Waals surface area contributed by atoms with Crippen LogP contribution in [0.3, 0.4) is 0 Å². The van der Waals surface area contributed by atoms with Gasteiger partial charge in [-0.1, -0.05) is 31.9 Å². The summed E-state index contributed by atoms with van der Waals surface area (Å²) in [6.07, 6.45) is 2.92. The lowest BCUT2D eigenvalue weighted by atomic mass is 10.2. The Morgan fingerprint density at radius 3 is 1.59 bits per heavy atom.